The standard InChI is InChI=1S/C12H14F2N2O3S/c1-20(15,18)3-2-16-12(17)10-5-7-4-8(13)6-9(14)11(7)19-10/h4,6,10,15H,2-3,5H2,1H3,(H,16,17). The zero-order valence-corrected chi connectivity index (χ0v) is 11.6. The first-order valence-corrected chi connectivity index (χ1v) is 8.03. The van der Waals surface area contributed by atoms with Gasteiger partial charge in [0.1, 0.15) is 5.82 Å². The van der Waals surface area contributed by atoms with Crippen LogP contribution in [0.3, 0.4) is 0 Å². The first-order chi connectivity index (χ1) is 9.26. The minimum absolute atomic E-state index is 0.0292. The Morgan fingerprint density at radius 2 is 2.25 bits per heavy atom. The third-order valence-corrected chi connectivity index (χ3v) is 3.82. The molecule has 0 spiro atoms. The molecule has 0 saturated heterocycles. The lowest BCUT2D eigenvalue weighted by molar-refractivity contribution is -0.127. The number of benzene rings is 1. The Hall–Kier alpha value is -1.70. The van der Waals surface area contributed by atoms with Gasteiger partial charge in [0.25, 0.3) is 5.91 Å². The number of carbonyl (C=O) groups excluding carboxylic acids is 1. The number of hydrogen-bond acceptors (Lipinski definition) is 4. The molecule has 2 unspecified atom stereocenters. The highest BCUT2D eigenvalue weighted by molar-refractivity contribution is 7.91. The zero-order chi connectivity index (χ0) is 14.9. The molecular formula is C12H14F2N2O3S. The third kappa shape index (κ3) is 3.44. The molecule has 5 nitrogen and oxygen atoms in total. The van der Waals surface area contributed by atoms with Gasteiger partial charge in [0, 0.05) is 46.3 Å². The number of halogens is 2. The van der Waals surface area contributed by atoms with Gasteiger partial charge in [0.05, 0.1) is 0 Å². The van der Waals surface area contributed by atoms with E-state index in [2.05, 4.69) is 5.32 Å². The Labute approximate surface area is 115 Å². The fraction of sp³-hybridized carbons (Fsp3) is 0.417. The van der Waals surface area contributed by atoms with Crippen molar-refractivity contribution in [3.05, 3.63) is 29.3 Å². The van der Waals surface area contributed by atoms with Crippen molar-refractivity contribution in [3.63, 3.8) is 0 Å². The number of rotatable bonds is 4. The predicted octanol–water partition coefficient (Wildman–Crippen LogP) is 1.06. The summed E-state index contributed by atoms with van der Waals surface area (Å²) in [5, 5.41) is 2.47. The summed E-state index contributed by atoms with van der Waals surface area (Å²) in [5.74, 6) is -2.12. The second-order valence-electron chi connectivity index (χ2n) is 4.69. The number of ether oxygens (including phenoxy) is 1. The van der Waals surface area contributed by atoms with Gasteiger partial charge in [0.2, 0.25) is 0 Å². The van der Waals surface area contributed by atoms with E-state index in [4.69, 9.17) is 9.52 Å². The summed E-state index contributed by atoms with van der Waals surface area (Å²) in [5.41, 5.74) is 0.308. The molecule has 1 aliphatic rings. The molecule has 0 bridgehead atoms. The molecule has 1 aromatic rings. The number of nitrogens with one attached hydrogen (secondary N) is 2. The highest BCUT2D eigenvalue weighted by Crippen LogP contribution is 2.32. The summed E-state index contributed by atoms with van der Waals surface area (Å²) in [4.78, 5) is 11.8. The monoisotopic (exact) mass is 304 g/mol. The molecular weight excluding hydrogens is 290 g/mol. The smallest absolute Gasteiger partial charge is 0.261 e. The number of carbonyl (C=O) groups is 1. The predicted molar refractivity (Wildman–Crippen MR) is 69.1 cm³/mol. The zero-order valence-electron chi connectivity index (χ0n) is 10.7. The summed E-state index contributed by atoms with van der Waals surface area (Å²) >= 11 is 0. The van der Waals surface area contributed by atoms with E-state index in [1.807, 2.05) is 0 Å². The Kier molecular flexibility index (Phi) is 3.94. The van der Waals surface area contributed by atoms with Gasteiger partial charge in [-0.25, -0.2) is 8.78 Å². The molecule has 2 rings (SSSR count). The minimum Gasteiger partial charge on any atom is -0.477 e. The van der Waals surface area contributed by atoms with Gasteiger partial charge in [0.15, 0.2) is 17.7 Å². The number of fused-ring (bicyclic) bond motifs is 1. The molecule has 0 fully saturated rings. The van der Waals surface area contributed by atoms with E-state index in [0.717, 1.165) is 6.07 Å². The first kappa shape index (κ1) is 14.7. The van der Waals surface area contributed by atoms with Crippen LogP contribution in [0.4, 0.5) is 8.78 Å². The Morgan fingerprint density at radius 1 is 1.55 bits per heavy atom. The minimum atomic E-state index is -2.67. The van der Waals surface area contributed by atoms with Gasteiger partial charge in [-0.3, -0.25) is 13.8 Å². The van der Waals surface area contributed by atoms with E-state index >= 15 is 0 Å². The van der Waals surface area contributed by atoms with Crippen LogP contribution >= 0.6 is 0 Å². The van der Waals surface area contributed by atoms with Gasteiger partial charge < -0.3 is 10.1 Å². The molecule has 1 aromatic carbocycles. The van der Waals surface area contributed by atoms with E-state index in [9.17, 15) is 17.8 Å². The van der Waals surface area contributed by atoms with Crippen LogP contribution in [0, 0.1) is 16.4 Å². The van der Waals surface area contributed by atoms with E-state index in [1.165, 1.54) is 6.26 Å². The Balaban J connectivity index is 1.97. The molecule has 1 heterocycles. The number of hydrogen-bond donors (Lipinski definition) is 2. The Bertz CT molecular complexity index is 646. The fourth-order valence-electron chi connectivity index (χ4n) is 1.91. The molecule has 0 aliphatic carbocycles. The lowest BCUT2D eigenvalue weighted by Crippen LogP contribution is -2.39. The summed E-state index contributed by atoms with van der Waals surface area (Å²) in [6, 6.07) is 1.83. The van der Waals surface area contributed by atoms with Crippen molar-refractivity contribution < 1.29 is 22.5 Å². The van der Waals surface area contributed by atoms with Gasteiger partial charge in [-0.1, -0.05) is 0 Å². The normalized spacial score (nSPS) is 19.9. The average Bonchev–Trinajstić information content (AvgIpc) is 2.71. The maximum Gasteiger partial charge on any atom is 0.261 e. The van der Waals surface area contributed by atoms with Crippen molar-refractivity contribution in [3.8, 4) is 5.75 Å². The summed E-state index contributed by atoms with van der Waals surface area (Å²) < 4.78 is 50.0. The summed E-state index contributed by atoms with van der Waals surface area (Å²) in [6.07, 6.45) is 0.428. The van der Waals surface area contributed by atoms with Crippen molar-refractivity contribution in [1.29, 1.82) is 4.78 Å². The molecule has 2 atom stereocenters. The van der Waals surface area contributed by atoms with Crippen LogP contribution in [0.25, 0.3) is 0 Å². The molecule has 20 heavy (non-hydrogen) atoms. The lowest BCUT2D eigenvalue weighted by atomic mass is 10.1. The van der Waals surface area contributed by atoms with Crippen molar-refractivity contribution >= 4 is 15.6 Å². The number of amides is 1. The maximum atomic E-state index is 13.4. The van der Waals surface area contributed by atoms with Crippen LogP contribution in [0.2, 0.25) is 0 Å². The largest absolute Gasteiger partial charge is 0.477 e. The fourth-order valence-corrected chi connectivity index (χ4v) is 2.40. The lowest BCUT2D eigenvalue weighted by Gasteiger charge is -2.11. The quantitative estimate of drug-likeness (QED) is 0.873. The molecule has 0 saturated carbocycles. The van der Waals surface area contributed by atoms with Crippen LogP contribution in [-0.4, -0.2) is 34.8 Å². The van der Waals surface area contributed by atoms with Gasteiger partial charge in [-0.15, -0.1) is 0 Å². The van der Waals surface area contributed by atoms with E-state index in [-0.39, 0.29) is 24.5 Å². The van der Waals surface area contributed by atoms with E-state index in [0.29, 0.717) is 11.6 Å². The second kappa shape index (κ2) is 5.35. The molecule has 0 radical (unpaired) electrons. The highest BCUT2D eigenvalue weighted by atomic mass is 32.2. The van der Waals surface area contributed by atoms with E-state index < -0.39 is 33.4 Å². The summed E-state index contributed by atoms with van der Waals surface area (Å²) in [6.45, 7) is 0.0741. The van der Waals surface area contributed by atoms with Crippen molar-refractivity contribution in [2.75, 3.05) is 18.6 Å². The van der Waals surface area contributed by atoms with Crippen LogP contribution in [0.1, 0.15) is 5.56 Å². The van der Waals surface area contributed by atoms with Gasteiger partial charge in [-0.2, -0.15) is 0 Å². The highest BCUT2D eigenvalue weighted by Gasteiger charge is 2.31. The molecule has 2 N–H and O–H groups in total. The van der Waals surface area contributed by atoms with Crippen molar-refractivity contribution in [2.45, 2.75) is 12.5 Å². The topological polar surface area (TPSA) is 79.3 Å². The SMILES string of the molecule is CS(=N)(=O)CCNC(=O)C1Cc2cc(F)cc(F)c2O1. The Morgan fingerprint density at radius 3 is 2.90 bits per heavy atom. The molecule has 1 amide bonds. The van der Waals surface area contributed by atoms with Crippen molar-refractivity contribution in [2.24, 2.45) is 0 Å². The van der Waals surface area contributed by atoms with Gasteiger partial charge in [-0.05, 0) is 6.07 Å². The van der Waals surface area contributed by atoms with Crippen LogP contribution in [-0.2, 0) is 20.9 Å². The van der Waals surface area contributed by atoms with E-state index in [1.54, 1.807) is 0 Å². The second-order valence-corrected chi connectivity index (χ2v) is 7.10. The van der Waals surface area contributed by atoms with Crippen molar-refractivity contribution in [1.82, 2.24) is 5.32 Å². The van der Waals surface area contributed by atoms with Crippen LogP contribution < -0.4 is 10.1 Å². The third-order valence-electron chi connectivity index (χ3n) is 2.83. The van der Waals surface area contributed by atoms with Crippen LogP contribution in [0.15, 0.2) is 12.1 Å². The molecule has 8 heteroatoms. The molecule has 110 valence electrons. The summed E-state index contributed by atoms with van der Waals surface area (Å²) in [7, 11) is -2.67. The van der Waals surface area contributed by atoms with Gasteiger partial charge >= 0.3 is 0 Å². The maximum absolute atomic E-state index is 13.4. The molecule has 1 aliphatic heterocycles. The molecule has 0 aromatic heterocycles. The van der Waals surface area contributed by atoms with Crippen LogP contribution in [0.5, 0.6) is 5.75 Å². The first-order valence-electron chi connectivity index (χ1n) is 5.90. The average molecular weight is 304 g/mol.